The summed E-state index contributed by atoms with van der Waals surface area (Å²) in [5.74, 6) is 0. The van der Waals surface area contributed by atoms with E-state index in [0.717, 1.165) is 50.1 Å². The lowest BCUT2D eigenvalue weighted by Gasteiger charge is -2.06. The van der Waals surface area contributed by atoms with E-state index in [-0.39, 0.29) is 0 Å². The molecule has 0 saturated heterocycles. The van der Waals surface area contributed by atoms with Crippen molar-refractivity contribution >= 4 is 15.9 Å². The van der Waals surface area contributed by atoms with Crippen LogP contribution in [0.5, 0.6) is 0 Å². The summed E-state index contributed by atoms with van der Waals surface area (Å²) in [5, 5.41) is 6.79. The van der Waals surface area contributed by atoms with E-state index in [0.29, 0.717) is 0 Å². The number of nitrogens with one attached hydrogen (secondary N) is 2. The van der Waals surface area contributed by atoms with Crippen molar-refractivity contribution in [1.82, 2.24) is 10.6 Å². The van der Waals surface area contributed by atoms with Crippen molar-refractivity contribution < 1.29 is 4.74 Å². The molecule has 0 aromatic heterocycles. The van der Waals surface area contributed by atoms with Crippen LogP contribution in [0, 0.1) is 0 Å². The molecular formula is C14H23BrN2O. The molecule has 0 atom stereocenters. The lowest BCUT2D eigenvalue weighted by molar-refractivity contribution is 0.199. The minimum atomic E-state index is 0.789. The first-order valence-electron chi connectivity index (χ1n) is 6.48. The Morgan fingerprint density at radius 1 is 1.00 bits per heavy atom. The molecule has 2 N–H and O–H groups in total. The van der Waals surface area contributed by atoms with Gasteiger partial charge in [0.15, 0.2) is 0 Å². The summed E-state index contributed by atoms with van der Waals surface area (Å²) in [4.78, 5) is 0. The molecule has 0 radical (unpaired) electrons. The van der Waals surface area contributed by atoms with Crippen LogP contribution in [-0.2, 0) is 11.2 Å². The number of rotatable bonds is 10. The third kappa shape index (κ3) is 7.82. The summed E-state index contributed by atoms with van der Waals surface area (Å²) in [7, 11) is 1.73. The van der Waals surface area contributed by atoms with Crippen molar-refractivity contribution in [3.05, 3.63) is 34.3 Å². The summed E-state index contributed by atoms with van der Waals surface area (Å²) in [6.07, 6.45) is 2.24. The van der Waals surface area contributed by atoms with Crippen LogP contribution in [0.25, 0.3) is 0 Å². The predicted molar refractivity (Wildman–Crippen MR) is 80.1 cm³/mol. The SMILES string of the molecule is COCCNCCCNCCc1ccc(Br)cc1. The van der Waals surface area contributed by atoms with Crippen molar-refractivity contribution in [2.45, 2.75) is 12.8 Å². The molecule has 0 amide bonds. The molecule has 4 heteroatoms. The van der Waals surface area contributed by atoms with Crippen LogP contribution >= 0.6 is 15.9 Å². The van der Waals surface area contributed by atoms with E-state index in [4.69, 9.17) is 4.74 Å². The molecule has 0 bridgehead atoms. The first-order chi connectivity index (χ1) is 8.83. The van der Waals surface area contributed by atoms with Gasteiger partial charge in [-0.1, -0.05) is 28.1 Å². The van der Waals surface area contributed by atoms with Crippen LogP contribution in [0.3, 0.4) is 0 Å². The van der Waals surface area contributed by atoms with E-state index in [1.807, 2.05) is 0 Å². The molecule has 0 heterocycles. The molecule has 0 aliphatic carbocycles. The van der Waals surface area contributed by atoms with Gasteiger partial charge in [-0.25, -0.2) is 0 Å². The van der Waals surface area contributed by atoms with Crippen LogP contribution in [0.2, 0.25) is 0 Å². The minimum Gasteiger partial charge on any atom is -0.383 e. The molecule has 18 heavy (non-hydrogen) atoms. The zero-order valence-electron chi connectivity index (χ0n) is 11.0. The molecule has 1 aromatic rings. The Hall–Kier alpha value is -0.420. The highest BCUT2D eigenvalue weighted by atomic mass is 79.9. The van der Waals surface area contributed by atoms with Crippen LogP contribution in [-0.4, -0.2) is 39.9 Å². The van der Waals surface area contributed by atoms with Crippen LogP contribution in [0.15, 0.2) is 28.7 Å². The zero-order valence-corrected chi connectivity index (χ0v) is 12.6. The molecule has 102 valence electrons. The molecule has 0 unspecified atom stereocenters. The van der Waals surface area contributed by atoms with Gasteiger partial charge in [0, 0.05) is 18.1 Å². The second-order valence-electron chi connectivity index (χ2n) is 4.22. The molecule has 0 aliphatic rings. The van der Waals surface area contributed by atoms with Crippen molar-refractivity contribution in [2.24, 2.45) is 0 Å². The van der Waals surface area contributed by atoms with Crippen molar-refractivity contribution in [2.75, 3.05) is 39.9 Å². The largest absolute Gasteiger partial charge is 0.383 e. The molecular weight excluding hydrogens is 292 g/mol. The van der Waals surface area contributed by atoms with E-state index in [9.17, 15) is 0 Å². The molecule has 0 spiro atoms. The Kier molecular flexibility index (Phi) is 9.12. The fourth-order valence-corrected chi connectivity index (χ4v) is 1.91. The predicted octanol–water partition coefficient (Wildman–Crippen LogP) is 2.21. The second-order valence-corrected chi connectivity index (χ2v) is 5.14. The van der Waals surface area contributed by atoms with Gasteiger partial charge in [0.05, 0.1) is 6.61 Å². The maximum Gasteiger partial charge on any atom is 0.0587 e. The average Bonchev–Trinajstić information content (AvgIpc) is 2.39. The maximum atomic E-state index is 4.96. The number of hydrogen-bond acceptors (Lipinski definition) is 3. The van der Waals surface area contributed by atoms with Gasteiger partial charge >= 0.3 is 0 Å². The highest BCUT2D eigenvalue weighted by molar-refractivity contribution is 9.10. The van der Waals surface area contributed by atoms with Crippen LogP contribution < -0.4 is 10.6 Å². The summed E-state index contributed by atoms with van der Waals surface area (Å²) < 4.78 is 6.10. The number of hydrogen-bond donors (Lipinski definition) is 2. The summed E-state index contributed by atoms with van der Waals surface area (Å²) in [6.45, 7) is 4.89. The van der Waals surface area contributed by atoms with Gasteiger partial charge < -0.3 is 15.4 Å². The Balaban J connectivity index is 1.91. The van der Waals surface area contributed by atoms with Gasteiger partial charge in [0.1, 0.15) is 0 Å². The van der Waals surface area contributed by atoms with Crippen LogP contribution in [0.4, 0.5) is 0 Å². The van der Waals surface area contributed by atoms with Gasteiger partial charge in [-0.3, -0.25) is 0 Å². The Labute approximate surface area is 118 Å². The van der Waals surface area contributed by atoms with Gasteiger partial charge in [-0.2, -0.15) is 0 Å². The van der Waals surface area contributed by atoms with Crippen molar-refractivity contribution in [1.29, 1.82) is 0 Å². The lowest BCUT2D eigenvalue weighted by atomic mass is 10.1. The second kappa shape index (κ2) is 10.5. The smallest absolute Gasteiger partial charge is 0.0587 e. The Morgan fingerprint density at radius 2 is 1.67 bits per heavy atom. The average molecular weight is 315 g/mol. The Morgan fingerprint density at radius 3 is 2.33 bits per heavy atom. The van der Waals surface area contributed by atoms with Crippen molar-refractivity contribution in [3.8, 4) is 0 Å². The molecule has 0 aliphatic heterocycles. The number of ether oxygens (including phenoxy) is 1. The van der Waals surface area contributed by atoms with Gasteiger partial charge in [0.2, 0.25) is 0 Å². The fourth-order valence-electron chi connectivity index (χ4n) is 1.65. The number of methoxy groups -OCH3 is 1. The van der Waals surface area contributed by atoms with Gasteiger partial charge in [0.25, 0.3) is 0 Å². The van der Waals surface area contributed by atoms with Crippen molar-refractivity contribution in [3.63, 3.8) is 0 Å². The topological polar surface area (TPSA) is 33.3 Å². The summed E-state index contributed by atoms with van der Waals surface area (Å²) in [5.41, 5.74) is 1.38. The molecule has 1 rings (SSSR count). The normalized spacial score (nSPS) is 10.8. The highest BCUT2D eigenvalue weighted by Gasteiger charge is 1.93. The first-order valence-corrected chi connectivity index (χ1v) is 7.27. The van der Waals surface area contributed by atoms with Crippen LogP contribution in [0.1, 0.15) is 12.0 Å². The standard InChI is InChI=1S/C14H23BrN2O/c1-18-12-11-17-9-2-8-16-10-7-13-3-5-14(15)6-4-13/h3-6,16-17H,2,7-12H2,1H3. The highest BCUT2D eigenvalue weighted by Crippen LogP contribution is 2.10. The van der Waals surface area contributed by atoms with E-state index in [2.05, 4.69) is 50.8 Å². The minimum absolute atomic E-state index is 0.789. The number of halogens is 1. The first kappa shape index (κ1) is 15.6. The number of benzene rings is 1. The Bertz CT molecular complexity index is 303. The third-order valence-electron chi connectivity index (χ3n) is 2.69. The van der Waals surface area contributed by atoms with Gasteiger partial charge in [-0.05, 0) is 50.2 Å². The fraction of sp³-hybridized carbons (Fsp3) is 0.571. The lowest BCUT2D eigenvalue weighted by Crippen LogP contribution is -2.25. The molecule has 3 nitrogen and oxygen atoms in total. The molecule has 0 fully saturated rings. The quantitative estimate of drug-likeness (QED) is 0.650. The monoisotopic (exact) mass is 314 g/mol. The summed E-state index contributed by atoms with van der Waals surface area (Å²) >= 11 is 3.44. The third-order valence-corrected chi connectivity index (χ3v) is 3.22. The summed E-state index contributed by atoms with van der Waals surface area (Å²) in [6, 6.07) is 8.51. The van der Waals surface area contributed by atoms with E-state index in [1.54, 1.807) is 7.11 Å². The van der Waals surface area contributed by atoms with Gasteiger partial charge in [-0.15, -0.1) is 0 Å². The van der Waals surface area contributed by atoms with E-state index < -0.39 is 0 Å². The van der Waals surface area contributed by atoms with E-state index >= 15 is 0 Å². The zero-order chi connectivity index (χ0) is 13.1. The molecule has 0 saturated carbocycles. The maximum absolute atomic E-state index is 4.96. The van der Waals surface area contributed by atoms with E-state index in [1.165, 1.54) is 5.56 Å². The molecule has 1 aromatic carbocycles.